The molecule has 4 aliphatic heterocycles. The highest BCUT2D eigenvalue weighted by atomic mass is 16.7. The molecule has 4 fully saturated rings. The first kappa shape index (κ1) is 64.9. The molecule has 1 aromatic rings. The first-order valence-electron chi connectivity index (χ1n) is 27.9. The van der Waals surface area contributed by atoms with Gasteiger partial charge in [-0.3, -0.25) is 14.4 Å². The summed E-state index contributed by atoms with van der Waals surface area (Å²) in [7, 11) is 4.29. The number of carbonyl (C=O) groups excluding carboxylic acids is 4. The molecule has 1 aromatic carbocycles. The maximum Gasteiger partial charge on any atom is 0.408 e. The van der Waals surface area contributed by atoms with Crippen molar-refractivity contribution in [1.29, 1.82) is 0 Å². The number of carbonyl (C=O) groups is 4. The van der Waals surface area contributed by atoms with Crippen LogP contribution in [-0.4, -0.2) is 172 Å². The number of benzene rings is 1. The number of aliphatic hydroxyl groups excluding tert-OH is 2. The van der Waals surface area contributed by atoms with Crippen LogP contribution in [0.15, 0.2) is 35.5 Å². The number of esters is 2. The molecule has 444 valence electrons. The van der Waals surface area contributed by atoms with E-state index in [4.69, 9.17) is 56.9 Å². The summed E-state index contributed by atoms with van der Waals surface area (Å²) in [5, 5.41) is 33.1. The molecule has 0 aliphatic carbocycles. The van der Waals surface area contributed by atoms with E-state index < -0.39 is 145 Å². The summed E-state index contributed by atoms with van der Waals surface area (Å²) in [6, 6.07) is 9.19. The van der Waals surface area contributed by atoms with Gasteiger partial charge in [-0.25, -0.2) is 4.79 Å². The van der Waals surface area contributed by atoms with E-state index in [9.17, 15) is 19.8 Å². The van der Waals surface area contributed by atoms with E-state index in [1.54, 1.807) is 34.6 Å². The van der Waals surface area contributed by atoms with Crippen molar-refractivity contribution in [2.75, 3.05) is 34.5 Å². The smallest absolute Gasteiger partial charge is 0.408 e. The third-order valence-corrected chi connectivity index (χ3v) is 15.7. The first-order valence-corrected chi connectivity index (χ1v) is 27.9. The molecule has 4 heterocycles. The van der Waals surface area contributed by atoms with E-state index in [1.807, 2.05) is 78.8 Å². The number of aliphatic hydroxyl groups is 2. The largest absolute Gasteiger partial charge is 0.461 e. The van der Waals surface area contributed by atoms with Gasteiger partial charge in [0.05, 0.1) is 54.7 Å². The maximum atomic E-state index is 15.8. The van der Waals surface area contributed by atoms with Crippen LogP contribution < -0.4 is 10.6 Å². The number of methoxy groups -OCH3 is 2. The van der Waals surface area contributed by atoms with Crippen molar-refractivity contribution in [3.63, 3.8) is 0 Å². The summed E-state index contributed by atoms with van der Waals surface area (Å²) in [5.41, 5.74) is -0.874. The van der Waals surface area contributed by atoms with Gasteiger partial charge in [0, 0.05) is 70.4 Å². The average molecular weight is 1110 g/mol. The van der Waals surface area contributed by atoms with Gasteiger partial charge in [0.15, 0.2) is 30.3 Å². The van der Waals surface area contributed by atoms with E-state index in [0.717, 1.165) is 5.56 Å². The molecule has 22 atom stereocenters. The third kappa shape index (κ3) is 17.1. The van der Waals surface area contributed by atoms with E-state index in [0.29, 0.717) is 13.0 Å². The molecule has 4 aliphatic rings. The van der Waals surface area contributed by atoms with Gasteiger partial charge in [-0.05, 0) is 65.4 Å². The first-order chi connectivity index (χ1) is 36.8. The molecular weight excluding hydrogens is 1010 g/mol. The fraction of sp³-hybridized carbons (Fsp3) is 0.807. The molecule has 0 aromatic heterocycles. The number of rotatable bonds is 17. The zero-order valence-electron chi connectivity index (χ0n) is 48.9. The quantitative estimate of drug-likeness (QED) is 0.0809. The average Bonchev–Trinajstić information content (AvgIpc) is 3.59. The standard InChI is InChI=1S/C57H93N3O18/c1-29(2)22-42(61)74-48-36(9)47(31(4)28-70-55-51(68-15)50(67-14)44(62)39(12)73-55)76-53(65)38(11)49(75-43-23-32(5)58-26-34(7)71-43)35(8)46(77-54-45(63)41(60-69-16)24-33(6)72-54)30(3)25-57(13,52(64)37(48)10)78-56(66)59-27-40-20-18-17-19-21-40/h17-21,29-39,43-51,54-55,58,62-63H,22-28H2,1-16H3,(H,59,66)/t30-,31?,32+,33+,34-,35+,36-,37+,38+,39+,43-,44+,45+,46-,47+,48+,49-,50+,51+,54-,55+,57-/m0/s1. The Balaban J connectivity index is 1.69. The molecule has 0 spiro atoms. The number of cyclic esters (lactones) is 1. The van der Waals surface area contributed by atoms with Crippen molar-refractivity contribution < 1.29 is 86.3 Å². The second kappa shape index (κ2) is 29.7. The Morgan fingerprint density at radius 3 is 2.14 bits per heavy atom. The number of oxime groups is 1. The van der Waals surface area contributed by atoms with Crippen molar-refractivity contribution >= 4 is 29.5 Å². The Morgan fingerprint density at radius 1 is 0.821 bits per heavy atom. The SMILES string of the molecule is CON=C1C[C@@H](C)O[C@@H](O[C@@H]2[C@@H](C)[C@H](O[C@H]3C[C@@H](C)NC[C@H](C)O3)[C@@H](C)C(=O)O[C@H](C(C)CO[C@@H]3O[C@H](C)[C@@H](O)[C@@H](OC)[C@H]3OC)[C@H](C)[C@@H](OC(=O)CC(C)C)[C@@H](C)C(=O)[C@@](C)(OC(=O)NCc3ccccc3)C[C@@H]2C)[C@@H]1O. The van der Waals surface area contributed by atoms with Crippen molar-refractivity contribution in [2.24, 2.45) is 46.6 Å². The Labute approximate surface area is 462 Å². The van der Waals surface area contributed by atoms with Gasteiger partial charge >= 0.3 is 18.0 Å². The van der Waals surface area contributed by atoms with Crippen LogP contribution in [0.1, 0.15) is 121 Å². The van der Waals surface area contributed by atoms with Crippen molar-refractivity contribution in [1.82, 2.24) is 10.6 Å². The topological polar surface area (TPSA) is 256 Å². The Hall–Kier alpha value is -3.87. The number of amides is 1. The van der Waals surface area contributed by atoms with Crippen molar-refractivity contribution in [2.45, 2.75) is 220 Å². The summed E-state index contributed by atoms with van der Waals surface area (Å²) >= 11 is 0. The highest BCUT2D eigenvalue weighted by Gasteiger charge is 2.52. The predicted octanol–water partition coefficient (Wildman–Crippen LogP) is 5.86. The lowest BCUT2D eigenvalue weighted by molar-refractivity contribution is -0.305. The van der Waals surface area contributed by atoms with Gasteiger partial charge in [0.1, 0.15) is 43.7 Å². The molecule has 1 unspecified atom stereocenters. The number of nitrogens with zero attached hydrogens (tertiary/aromatic N) is 1. The molecule has 0 saturated carbocycles. The number of alkyl carbamates (subject to hydrolysis) is 1. The molecule has 0 radical (unpaired) electrons. The zero-order valence-corrected chi connectivity index (χ0v) is 48.9. The minimum Gasteiger partial charge on any atom is -0.461 e. The predicted molar refractivity (Wildman–Crippen MR) is 285 cm³/mol. The zero-order chi connectivity index (χ0) is 57.8. The molecule has 5 rings (SSSR count). The van der Waals surface area contributed by atoms with Crippen LogP contribution in [0.2, 0.25) is 0 Å². The number of ketones is 1. The second-order valence-corrected chi connectivity index (χ2v) is 23.0. The molecule has 0 bridgehead atoms. The molecule has 4 N–H and O–H groups in total. The van der Waals surface area contributed by atoms with Crippen molar-refractivity contribution in [3.05, 3.63) is 35.9 Å². The minimum atomic E-state index is -1.95. The molecule has 78 heavy (non-hydrogen) atoms. The summed E-state index contributed by atoms with van der Waals surface area (Å²) in [5.74, 6) is -7.37. The Kier molecular flexibility index (Phi) is 24.8. The number of nitrogens with one attached hydrogen (secondary N) is 2. The fourth-order valence-corrected chi connectivity index (χ4v) is 11.5. The van der Waals surface area contributed by atoms with Gasteiger partial charge < -0.3 is 77.8 Å². The van der Waals surface area contributed by atoms with Gasteiger partial charge in [0.25, 0.3) is 0 Å². The van der Waals surface area contributed by atoms with E-state index >= 15 is 9.59 Å². The van der Waals surface area contributed by atoms with Crippen LogP contribution in [0, 0.1) is 41.4 Å². The molecule has 21 heteroatoms. The highest BCUT2D eigenvalue weighted by Crippen LogP contribution is 2.40. The third-order valence-electron chi connectivity index (χ3n) is 15.7. The van der Waals surface area contributed by atoms with Crippen LogP contribution in [-0.2, 0) is 77.9 Å². The van der Waals surface area contributed by atoms with Gasteiger partial charge in [-0.1, -0.05) is 84.0 Å². The lowest BCUT2D eigenvalue weighted by Gasteiger charge is -2.45. The fourth-order valence-electron chi connectivity index (χ4n) is 11.5. The lowest BCUT2D eigenvalue weighted by Crippen LogP contribution is -2.59. The Bertz CT molecular complexity index is 2070. The van der Waals surface area contributed by atoms with E-state index in [-0.39, 0.29) is 56.2 Å². The number of hydrogen-bond donors (Lipinski definition) is 4. The number of Topliss-reactive ketones (excluding diaryl/α,β-unsaturated/α-hetero) is 1. The maximum absolute atomic E-state index is 15.8. The summed E-state index contributed by atoms with van der Waals surface area (Å²) in [6.45, 7) is 23.8. The summed E-state index contributed by atoms with van der Waals surface area (Å²) < 4.78 is 70.1. The van der Waals surface area contributed by atoms with Crippen LogP contribution in [0.25, 0.3) is 0 Å². The van der Waals surface area contributed by atoms with Gasteiger partial charge in [-0.15, -0.1) is 0 Å². The molecule has 4 saturated heterocycles. The van der Waals surface area contributed by atoms with Crippen LogP contribution in [0.3, 0.4) is 0 Å². The Morgan fingerprint density at radius 2 is 1.50 bits per heavy atom. The van der Waals surface area contributed by atoms with Crippen LogP contribution in [0.5, 0.6) is 0 Å². The van der Waals surface area contributed by atoms with Gasteiger partial charge in [-0.2, -0.15) is 0 Å². The normalized spacial score (nSPS) is 39.6. The van der Waals surface area contributed by atoms with Gasteiger partial charge in [0.2, 0.25) is 0 Å². The monoisotopic (exact) mass is 1110 g/mol. The van der Waals surface area contributed by atoms with Crippen LogP contribution in [0.4, 0.5) is 4.79 Å². The minimum absolute atomic E-state index is 0.00946. The van der Waals surface area contributed by atoms with Crippen molar-refractivity contribution in [3.8, 4) is 0 Å². The van der Waals surface area contributed by atoms with E-state index in [1.165, 1.54) is 28.3 Å². The summed E-state index contributed by atoms with van der Waals surface area (Å²) in [4.78, 5) is 64.4. The van der Waals surface area contributed by atoms with E-state index in [2.05, 4.69) is 15.8 Å². The number of ether oxygens (including phenoxy) is 11. The summed E-state index contributed by atoms with van der Waals surface area (Å²) in [6.07, 6.45) is -13.5. The molecular formula is C57H93N3O18. The molecule has 1 amide bonds. The van der Waals surface area contributed by atoms with Crippen LogP contribution >= 0.6 is 0 Å². The highest BCUT2D eigenvalue weighted by molar-refractivity contribution is 5.91. The molecule has 21 nitrogen and oxygen atoms in total. The lowest BCUT2D eigenvalue weighted by atomic mass is 9.74. The second-order valence-electron chi connectivity index (χ2n) is 23.0. The number of hydrogen-bond acceptors (Lipinski definition) is 20.